The van der Waals surface area contributed by atoms with Crippen LogP contribution in [-0.2, 0) is 27.9 Å². The minimum atomic E-state index is -4.71. The second kappa shape index (κ2) is 59.6. The Kier molecular flexibility index (Phi) is 57.7. The van der Waals surface area contributed by atoms with Crippen molar-refractivity contribution in [3.8, 4) is 0 Å². The van der Waals surface area contributed by atoms with Gasteiger partial charge in [0.25, 0.3) is 7.82 Å². The Morgan fingerprint density at radius 2 is 0.800 bits per heavy atom. The van der Waals surface area contributed by atoms with Crippen molar-refractivity contribution in [2.75, 3.05) is 40.9 Å². The number of amides is 1. The SMILES string of the molecule is CC/C=C\C/C=C\C/C=C\C/C=C\C/C=C\CCCCCC(=O)OC(/C=C/CCCCCCCCCCCC)C(COP(=O)([O-])OCC[N+](C)(C)C)NC(=O)CCCCCCCCCCCCCCCCCCCCCCCCC. The minimum absolute atomic E-state index is 0.0287. The number of nitrogens with one attached hydrogen (secondary N) is 1. The fourth-order valence-electron chi connectivity index (χ4n) is 9.73. The lowest BCUT2D eigenvalue weighted by Crippen LogP contribution is -2.47. The number of quaternary nitrogens is 1. The first kappa shape index (κ1) is 77.5. The van der Waals surface area contributed by atoms with E-state index in [1.54, 1.807) is 0 Å². The number of ether oxygens (including phenoxy) is 1. The van der Waals surface area contributed by atoms with Gasteiger partial charge in [-0.15, -0.1) is 0 Å². The number of esters is 1. The van der Waals surface area contributed by atoms with Gasteiger partial charge in [0.1, 0.15) is 19.3 Å². The Balaban J connectivity index is 5.16. The maximum absolute atomic E-state index is 13.6. The lowest BCUT2D eigenvalue weighted by atomic mass is 10.0. The van der Waals surface area contributed by atoms with Crippen LogP contribution < -0.4 is 10.2 Å². The van der Waals surface area contributed by atoms with Crippen molar-refractivity contribution in [1.29, 1.82) is 0 Å². The average Bonchev–Trinajstić information content (AvgIpc) is 3.43. The van der Waals surface area contributed by atoms with Crippen LogP contribution in [-0.4, -0.2) is 69.4 Å². The summed E-state index contributed by atoms with van der Waals surface area (Å²) in [5.41, 5.74) is 0. The molecule has 0 aromatic rings. The van der Waals surface area contributed by atoms with E-state index in [-0.39, 0.29) is 24.9 Å². The zero-order chi connectivity index (χ0) is 58.6. The van der Waals surface area contributed by atoms with Crippen molar-refractivity contribution >= 4 is 19.7 Å². The zero-order valence-corrected chi connectivity index (χ0v) is 54.2. The van der Waals surface area contributed by atoms with Gasteiger partial charge < -0.3 is 28.5 Å². The molecule has 0 radical (unpaired) electrons. The Hall–Kier alpha value is -2.55. The third-order valence-electron chi connectivity index (χ3n) is 14.9. The van der Waals surface area contributed by atoms with Crippen molar-refractivity contribution in [3.63, 3.8) is 0 Å². The number of likely N-dealkylation sites (N-methyl/N-ethyl adjacent to an activating group) is 1. The number of rotatable bonds is 61. The molecule has 0 bridgehead atoms. The highest BCUT2D eigenvalue weighted by Gasteiger charge is 2.27. The molecule has 0 fully saturated rings. The number of hydrogen-bond acceptors (Lipinski definition) is 7. The maximum atomic E-state index is 13.6. The number of carbonyl (C=O) groups excluding carboxylic acids is 2. The highest BCUT2D eigenvalue weighted by atomic mass is 31.2. The lowest BCUT2D eigenvalue weighted by Gasteiger charge is -2.30. The average molecular weight is 1140 g/mol. The molecular weight excluding hydrogens is 1010 g/mol. The standard InChI is InChI=1S/C70H129N2O7P/c1-7-10-13-16-19-22-25-28-30-32-34-35-36-37-39-40-42-44-47-50-53-56-59-62-69(73)71-67(66-78-80(75,76)77-65-64-72(4,5)6)68(61-58-55-52-49-46-27-24-21-18-15-12-9-3)79-70(74)63-60-57-54-51-48-45-43-41-38-33-31-29-26-23-20-17-14-11-8-2/h11,14,20,23,29,31,38,41,45,48,58,61,67-68H,7-10,12-13,15-19,21-22,24-28,30,32-37,39-40,42-44,46-47,49-57,59-60,62-66H2,1-6H3,(H-,71,73,75,76)/b14-11-,23-20-,31-29-,41-38-,48-45-,61-58+. The molecule has 0 aromatic carbocycles. The van der Waals surface area contributed by atoms with E-state index in [1.807, 2.05) is 33.3 Å². The first-order chi connectivity index (χ1) is 38.9. The fraction of sp³-hybridized carbons (Fsp3) is 0.800. The Bertz CT molecular complexity index is 1600. The van der Waals surface area contributed by atoms with Crippen molar-refractivity contribution in [3.05, 3.63) is 72.9 Å². The van der Waals surface area contributed by atoms with Gasteiger partial charge in [0.2, 0.25) is 5.91 Å². The van der Waals surface area contributed by atoms with Crippen LogP contribution in [0.2, 0.25) is 0 Å². The molecular formula is C70H129N2O7P. The summed E-state index contributed by atoms with van der Waals surface area (Å²) >= 11 is 0. The van der Waals surface area contributed by atoms with Crippen molar-refractivity contribution in [2.24, 2.45) is 0 Å². The van der Waals surface area contributed by atoms with E-state index in [4.69, 9.17) is 13.8 Å². The monoisotopic (exact) mass is 1140 g/mol. The largest absolute Gasteiger partial charge is 0.756 e. The van der Waals surface area contributed by atoms with Crippen LogP contribution in [0.5, 0.6) is 0 Å². The van der Waals surface area contributed by atoms with E-state index in [1.165, 1.54) is 180 Å². The fourth-order valence-corrected chi connectivity index (χ4v) is 10.5. The van der Waals surface area contributed by atoms with Crippen LogP contribution in [0.3, 0.4) is 0 Å². The molecule has 80 heavy (non-hydrogen) atoms. The number of carbonyl (C=O) groups is 2. The van der Waals surface area contributed by atoms with Gasteiger partial charge in [-0.25, -0.2) is 0 Å². The molecule has 0 saturated carbocycles. The Labute approximate surface area is 495 Å². The van der Waals surface area contributed by atoms with Gasteiger partial charge in [-0.2, -0.15) is 0 Å². The van der Waals surface area contributed by atoms with Crippen LogP contribution in [0, 0.1) is 0 Å². The molecule has 3 unspecified atom stereocenters. The summed E-state index contributed by atoms with van der Waals surface area (Å²) in [7, 11) is 1.17. The molecule has 0 aliphatic carbocycles. The molecule has 0 saturated heterocycles. The molecule has 0 rings (SSSR count). The molecule has 0 aliphatic rings. The van der Waals surface area contributed by atoms with Gasteiger partial charge in [0.15, 0.2) is 0 Å². The van der Waals surface area contributed by atoms with Crippen molar-refractivity contribution < 1.29 is 37.3 Å². The molecule has 0 aliphatic heterocycles. The van der Waals surface area contributed by atoms with Crippen LogP contribution >= 0.6 is 7.82 Å². The topological polar surface area (TPSA) is 114 Å². The Morgan fingerprint density at radius 3 is 1.21 bits per heavy atom. The predicted molar refractivity (Wildman–Crippen MR) is 344 cm³/mol. The molecule has 1 N–H and O–H groups in total. The third-order valence-corrected chi connectivity index (χ3v) is 15.9. The molecule has 1 amide bonds. The normalized spacial score (nSPS) is 14.0. The van der Waals surface area contributed by atoms with Crippen LogP contribution in [0.1, 0.15) is 310 Å². The zero-order valence-electron chi connectivity index (χ0n) is 53.3. The summed E-state index contributed by atoms with van der Waals surface area (Å²) < 4.78 is 30.4. The van der Waals surface area contributed by atoms with Gasteiger partial charge in [-0.1, -0.05) is 293 Å². The van der Waals surface area contributed by atoms with E-state index >= 15 is 0 Å². The first-order valence-corrected chi connectivity index (χ1v) is 35.2. The maximum Gasteiger partial charge on any atom is 0.306 e. The smallest absolute Gasteiger partial charge is 0.306 e. The van der Waals surface area contributed by atoms with Gasteiger partial charge in [0.05, 0.1) is 33.8 Å². The summed E-state index contributed by atoms with van der Waals surface area (Å²) in [4.78, 5) is 40.1. The van der Waals surface area contributed by atoms with Crippen LogP contribution in [0.4, 0.5) is 0 Å². The number of allylic oxidation sites excluding steroid dienone is 11. The molecule has 0 heterocycles. The second-order valence-electron chi connectivity index (χ2n) is 24.0. The first-order valence-electron chi connectivity index (χ1n) is 33.7. The van der Waals surface area contributed by atoms with E-state index < -0.39 is 26.6 Å². The number of phosphoric ester groups is 1. The lowest BCUT2D eigenvalue weighted by molar-refractivity contribution is -0.870. The summed E-state index contributed by atoms with van der Waals surface area (Å²) in [6, 6.07) is -0.903. The van der Waals surface area contributed by atoms with Gasteiger partial charge >= 0.3 is 5.97 Å². The summed E-state index contributed by atoms with van der Waals surface area (Å²) in [6.07, 6.45) is 77.4. The third kappa shape index (κ3) is 60.1. The Morgan fingerprint density at radius 1 is 0.450 bits per heavy atom. The molecule has 10 heteroatoms. The summed E-state index contributed by atoms with van der Waals surface area (Å²) in [5, 5.41) is 3.03. The summed E-state index contributed by atoms with van der Waals surface area (Å²) in [5.74, 6) is -0.569. The number of phosphoric acid groups is 1. The van der Waals surface area contributed by atoms with E-state index in [0.717, 1.165) is 89.9 Å². The van der Waals surface area contributed by atoms with Crippen LogP contribution in [0.15, 0.2) is 72.9 Å². The van der Waals surface area contributed by atoms with Crippen molar-refractivity contribution in [2.45, 2.75) is 322 Å². The molecule has 466 valence electrons. The second-order valence-corrected chi connectivity index (χ2v) is 25.4. The molecule has 0 aromatic heterocycles. The highest BCUT2D eigenvalue weighted by Crippen LogP contribution is 2.38. The van der Waals surface area contributed by atoms with E-state index in [0.29, 0.717) is 23.9 Å². The van der Waals surface area contributed by atoms with Gasteiger partial charge in [-0.05, 0) is 76.7 Å². The molecule has 3 atom stereocenters. The van der Waals surface area contributed by atoms with Crippen molar-refractivity contribution in [1.82, 2.24) is 5.32 Å². The van der Waals surface area contributed by atoms with Crippen LogP contribution in [0.25, 0.3) is 0 Å². The predicted octanol–water partition coefficient (Wildman–Crippen LogP) is 20.5. The quantitative estimate of drug-likeness (QED) is 0.0212. The van der Waals surface area contributed by atoms with Gasteiger partial charge in [0, 0.05) is 12.8 Å². The number of nitrogens with zero attached hydrogens (tertiary/aromatic N) is 1. The number of unbranched alkanes of at least 4 members (excludes halogenated alkanes) is 35. The molecule has 0 spiro atoms. The van der Waals surface area contributed by atoms with E-state index in [2.05, 4.69) is 86.8 Å². The summed E-state index contributed by atoms with van der Waals surface area (Å²) in [6.45, 7) is 6.74. The van der Waals surface area contributed by atoms with Gasteiger partial charge in [-0.3, -0.25) is 14.2 Å². The minimum Gasteiger partial charge on any atom is -0.756 e. The highest BCUT2D eigenvalue weighted by molar-refractivity contribution is 7.45. The molecule has 9 nitrogen and oxygen atoms in total. The van der Waals surface area contributed by atoms with E-state index in [9.17, 15) is 19.0 Å². The number of hydrogen-bond donors (Lipinski definition) is 1.